The van der Waals surface area contributed by atoms with Crippen molar-refractivity contribution in [3.8, 4) is 0 Å². The van der Waals surface area contributed by atoms with Gasteiger partial charge in [0.25, 0.3) is 0 Å². The number of halogens is 5. The molecule has 0 spiro atoms. The van der Waals surface area contributed by atoms with Gasteiger partial charge < -0.3 is 5.73 Å². The first-order valence-electron chi connectivity index (χ1n) is 6.34. The van der Waals surface area contributed by atoms with Crippen LogP contribution in [0.25, 0.3) is 0 Å². The molecular formula is C13H19Cl2F3N2O2S. The fourth-order valence-electron chi connectivity index (χ4n) is 1.81. The van der Waals surface area contributed by atoms with E-state index >= 15 is 0 Å². The third-order valence-corrected chi connectivity index (χ3v) is 5.28. The van der Waals surface area contributed by atoms with Gasteiger partial charge in [0.1, 0.15) is 0 Å². The van der Waals surface area contributed by atoms with Gasteiger partial charge in [-0.15, -0.1) is 12.4 Å². The standard InChI is InChI=1S/C13H18ClF3N2O2S.ClH/c1-12(2,7-18)8-19(3)22(20,21)9-4-5-11(14)10(6-9)13(15,16)17;/h4-6H,7-8,18H2,1-3H3;1H. The molecule has 134 valence electrons. The maximum atomic E-state index is 12.8. The van der Waals surface area contributed by atoms with E-state index in [1.807, 2.05) is 0 Å². The van der Waals surface area contributed by atoms with Crippen molar-refractivity contribution in [3.05, 3.63) is 28.8 Å². The van der Waals surface area contributed by atoms with Crippen molar-refractivity contribution in [2.45, 2.75) is 24.9 Å². The van der Waals surface area contributed by atoms with Crippen LogP contribution in [-0.2, 0) is 16.2 Å². The fraction of sp³-hybridized carbons (Fsp3) is 0.538. The Hall–Kier alpha value is -0.540. The van der Waals surface area contributed by atoms with E-state index in [1.54, 1.807) is 13.8 Å². The summed E-state index contributed by atoms with van der Waals surface area (Å²) in [5.41, 5.74) is 3.87. The summed E-state index contributed by atoms with van der Waals surface area (Å²) < 4.78 is 64.3. The number of nitrogens with zero attached hydrogens (tertiary/aromatic N) is 1. The predicted octanol–water partition coefficient (Wildman–Crippen LogP) is 3.39. The number of benzene rings is 1. The molecule has 1 rings (SSSR count). The van der Waals surface area contributed by atoms with Crippen molar-refractivity contribution in [2.75, 3.05) is 20.1 Å². The Kier molecular flexibility index (Phi) is 7.39. The second-order valence-electron chi connectivity index (χ2n) is 5.77. The van der Waals surface area contributed by atoms with Gasteiger partial charge >= 0.3 is 6.18 Å². The molecule has 0 aliphatic carbocycles. The molecule has 0 saturated heterocycles. The van der Waals surface area contributed by atoms with E-state index in [4.69, 9.17) is 17.3 Å². The molecule has 4 nitrogen and oxygen atoms in total. The summed E-state index contributed by atoms with van der Waals surface area (Å²) >= 11 is 5.49. The Bertz CT molecular complexity index is 649. The average molecular weight is 395 g/mol. The van der Waals surface area contributed by atoms with E-state index < -0.39 is 37.1 Å². The van der Waals surface area contributed by atoms with Crippen LogP contribution < -0.4 is 5.73 Å². The zero-order valence-electron chi connectivity index (χ0n) is 12.8. The van der Waals surface area contributed by atoms with Crippen LogP contribution in [0.2, 0.25) is 5.02 Å². The summed E-state index contributed by atoms with van der Waals surface area (Å²) in [6, 6.07) is 2.53. The lowest BCUT2D eigenvalue weighted by molar-refractivity contribution is -0.137. The van der Waals surface area contributed by atoms with Crippen LogP contribution in [0.5, 0.6) is 0 Å². The number of hydrogen-bond acceptors (Lipinski definition) is 3. The highest BCUT2D eigenvalue weighted by Gasteiger charge is 2.35. The molecule has 0 radical (unpaired) electrons. The number of rotatable bonds is 5. The molecule has 1 aromatic rings. The summed E-state index contributed by atoms with van der Waals surface area (Å²) in [7, 11) is -2.76. The van der Waals surface area contributed by atoms with E-state index in [0.717, 1.165) is 16.4 Å². The van der Waals surface area contributed by atoms with Crippen molar-refractivity contribution in [2.24, 2.45) is 11.1 Å². The Balaban J connectivity index is 0.00000484. The minimum atomic E-state index is -4.72. The molecule has 0 amide bonds. The Morgan fingerprint density at radius 1 is 1.26 bits per heavy atom. The van der Waals surface area contributed by atoms with Gasteiger partial charge in [-0.3, -0.25) is 0 Å². The molecule has 0 fully saturated rings. The largest absolute Gasteiger partial charge is 0.417 e. The van der Waals surface area contributed by atoms with E-state index in [2.05, 4.69) is 0 Å². The van der Waals surface area contributed by atoms with Crippen molar-refractivity contribution >= 4 is 34.0 Å². The molecule has 10 heteroatoms. The summed E-state index contributed by atoms with van der Waals surface area (Å²) in [6.45, 7) is 3.85. The molecule has 23 heavy (non-hydrogen) atoms. The van der Waals surface area contributed by atoms with Crippen LogP contribution >= 0.6 is 24.0 Å². The van der Waals surface area contributed by atoms with Gasteiger partial charge in [-0.1, -0.05) is 25.4 Å². The van der Waals surface area contributed by atoms with Crippen LogP contribution in [0.3, 0.4) is 0 Å². The van der Waals surface area contributed by atoms with Crippen molar-refractivity contribution in [1.82, 2.24) is 4.31 Å². The van der Waals surface area contributed by atoms with Crippen LogP contribution in [0.1, 0.15) is 19.4 Å². The third-order valence-electron chi connectivity index (χ3n) is 3.15. The number of alkyl halides is 3. The van der Waals surface area contributed by atoms with E-state index in [0.29, 0.717) is 6.07 Å². The molecule has 0 aliphatic heterocycles. The molecule has 1 aromatic carbocycles. The SMILES string of the molecule is CN(CC(C)(C)CN)S(=O)(=O)c1ccc(Cl)c(C(F)(F)F)c1.Cl. The molecule has 0 aromatic heterocycles. The van der Waals surface area contributed by atoms with Gasteiger partial charge in [0, 0.05) is 13.6 Å². The summed E-state index contributed by atoms with van der Waals surface area (Å²) in [5.74, 6) is 0. The molecular weight excluding hydrogens is 376 g/mol. The van der Waals surface area contributed by atoms with Crippen molar-refractivity contribution in [1.29, 1.82) is 0 Å². The van der Waals surface area contributed by atoms with Gasteiger partial charge in [-0.25, -0.2) is 12.7 Å². The third kappa shape index (κ3) is 5.49. The minimum absolute atomic E-state index is 0. The molecule has 0 unspecified atom stereocenters. The first-order chi connectivity index (χ1) is 9.81. The Morgan fingerprint density at radius 2 is 1.78 bits per heavy atom. The molecule has 2 N–H and O–H groups in total. The fourth-order valence-corrected chi connectivity index (χ4v) is 3.43. The topological polar surface area (TPSA) is 63.4 Å². The first kappa shape index (κ1) is 22.5. The predicted molar refractivity (Wildman–Crippen MR) is 86.4 cm³/mol. The van der Waals surface area contributed by atoms with E-state index in [1.165, 1.54) is 7.05 Å². The number of sulfonamides is 1. The quantitative estimate of drug-likeness (QED) is 0.832. The summed E-state index contributed by atoms with van der Waals surface area (Å²) in [6.07, 6.45) is -4.72. The Labute approximate surface area is 145 Å². The normalized spacial score (nSPS) is 13.1. The average Bonchev–Trinajstić information content (AvgIpc) is 2.37. The van der Waals surface area contributed by atoms with Crippen LogP contribution in [0.15, 0.2) is 23.1 Å². The zero-order chi connectivity index (χ0) is 17.3. The molecule has 0 atom stereocenters. The maximum absolute atomic E-state index is 12.8. The first-order valence-corrected chi connectivity index (χ1v) is 8.16. The minimum Gasteiger partial charge on any atom is -0.330 e. The Morgan fingerprint density at radius 3 is 2.22 bits per heavy atom. The molecule has 0 aliphatic rings. The van der Waals surface area contributed by atoms with Gasteiger partial charge in [-0.2, -0.15) is 13.2 Å². The monoisotopic (exact) mass is 394 g/mol. The van der Waals surface area contributed by atoms with Gasteiger partial charge in [0.15, 0.2) is 0 Å². The number of nitrogens with two attached hydrogens (primary N) is 1. The summed E-state index contributed by atoms with van der Waals surface area (Å²) in [5, 5.41) is -0.545. The lowest BCUT2D eigenvalue weighted by Gasteiger charge is -2.28. The van der Waals surface area contributed by atoms with Crippen molar-refractivity contribution in [3.63, 3.8) is 0 Å². The number of hydrogen-bond donors (Lipinski definition) is 1. The second-order valence-corrected chi connectivity index (χ2v) is 8.22. The lowest BCUT2D eigenvalue weighted by Crippen LogP contribution is -2.39. The van der Waals surface area contributed by atoms with Gasteiger partial charge in [0.05, 0.1) is 15.5 Å². The van der Waals surface area contributed by atoms with Crippen LogP contribution in [0, 0.1) is 5.41 Å². The van der Waals surface area contributed by atoms with Crippen molar-refractivity contribution < 1.29 is 21.6 Å². The molecule has 0 saturated carbocycles. The molecule has 0 bridgehead atoms. The maximum Gasteiger partial charge on any atom is 0.417 e. The highest BCUT2D eigenvalue weighted by atomic mass is 35.5. The van der Waals surface area contributed by atoms with E-state index in [-0.39, 0.29) is 25.5 Å². The summed E-state index contributed by atoms with van der Waals surface area (Å²) in [4.78, 5) is -0.459. The van der Waals surface area contributed by atoms with E-state index in [9.17, 15) is 21.6 Å². The van der Waals surface area contributed by atoms with Gasteiger partial charge in [0.2, 0.25) is 10.0 Å². The smallest absolute Gasteiger partial charge is 0.330 e. The second kappa shape index (κ2) is 7.57. The highest BCUT2D eigenvalue weighted by molar-refractivity contribution is 7.89. The lowest BCUT2D eigenvalue weighted by atomic mass is 9.94. The van der Waals surface area contributed by atoms with Gasteiger partial charge in [-0.05, 0) is 30.2 Å². The van der Waals surface area contributed by atoms with Crippen LogP contribution in [0.4, 0.5) is 13.2 Å². The van der Waals surface area contributed by atoms with Crippen LogP contribution in [-0.4, -0.2) is 32.9 Å². The highest BCUT2D eigenvalue weighted by Crippen LogP contribution is 2.36. The zero-order valence-corrected chi connectivity index (χ0v) is 15.2. The molecule has 0 heterocycles.